The average Bonchev–Trinajstić information content (AvgIpc) is 3.09. The van der Waals surface area contributed by atoms with Crippen LogP contribution in [0.4, 0.5) is 0 Å². The van der Waals surface area contributed by atoms with Crippen LogP contribution in [0.5, 0.6) is 6.01 Å². The molecular formula is C17H23N3O6. The number of carbonyl (C=O) groups excluding carboxylic acids is 2. The Labute approximate surface area is 150 Å². The highest BCUT2D eigenvalue weighted by atomic mass is 16.7. The maximum atomic E-state index is 12.0. The molecule has 1 aromatic heterocycles. The fourth-order valence-corrected chi connectivity index (χ4v) is 3.02. The van der Waals surface area contributed by atoms with Gasteiger partial charge in [0.1, 0.15) is 12.7 Å². The number of fused-ring (bicyclic) bond motifs is 3. The Bertz CT molecular complexity index is 733. The number of carbonyl (C=O) groups is 2. The molecule has 0 aliphatic carbocycles. The molecule has 142 valence electrons. The lowest BCUT2D eigenvalue weighted by Crippen LogP contribution is -2.40. The Balaban J connectivity index is 1.76. The van der Waals surface area contributed by atoms with E-state index in [0.717, 1.165) is 0 Å². The fraction of sp³-hybridized carbons (Fsp3) is 0.647. The molecule has 9 nitrogen and oxygen atoms in total. The summed E-state index contributed by atoms with van der Waals surface area (Å²) >= 11 is 0. The number of nitrogens with one attached hydrogen (secondary N) is 1. The van der Waals surface area contributed by atoms with Crippen LogP contribution in [0.3, 0.4) is 0 Å². The van der Waals surface area contributed by atoms with E-state index >= 15 is 0 Å². The molecule has 1 fully saturated rings. The van der Waals surface area contributed by atoms with Gasteiger partial charge in [-0.1, -0.05) is 13.8 Å². The standard InChI is InChI=1S/C17H23N3O6/c1-3-5-12(21)23-9-10-14(25-13(22)6-4-2)15-16(24-10)20-8-7-11(18)19-17(20)26-15/h7-8,10,14-16,18H,3-6,9H2,1-2H3/t10-,14-,15+,16-/m1/s1. The van der Waals surface area contributed by atoms with Crippen LogP contribution in [0.1, 0.15) is 45.8 Å². The van der Waals surface area contributed by atoms with E-state index in [0.29, 0.717) is 19.3 Å². The van der Waals surface area contributed by atoms with Crippen LogP contribution >= 0.6 is 0 Å². The van der Waals surface area contributed by atoms with E-state index in [9.17, 15) is 9.59 Å². The minimum Gasteiger partial charge on any atom is -0.463 e. The van der Waals surface area contributed by atoms with Crippen molar-refractivity contribution in [3.8, 4) is 6.01 Å². The summed E-state index contributed by atoms with van der Waals surface area (Å²) in [6, 6.07) is 1.76. The zero-order valence-corrected chi connectivity index (χ0v) is 14.8. The minimum atomic E-state index is -0.718. The molecule has 0 bridgehead atoms. The summed E-state index contributed by atoms with van der Waals surface area (Å²) in [6.07, 6.45) is 1.12. The Kier molecular flexibility index (Phi) is 5.55. The second-order valence-corrected chi connectivity index (χ2v) is 6.29. The van der Waals surface area contributed by atoms with Crippen molar-refractivity contribution in [3.05, 3.63) is 17.8 Å². The normalized spacial score (nSPS) is 25.9. The summed E-state index contributed by atoms with van der Waals surface area (Å²) in [7, 11) is 0. The molecule has 2 aliphatic heterocycles. The second kappa shape index (κ2) is 7.86. The van der Waals surface area contributed by atoms with Gasteiger partial charge in [-0.2, -0.15) is 4.98 Å². The van der Waals surface area contributed by atoms with Gasteiger partial charge in [0.15, 0.2) is 23.9 Å². The molecule has 3 rings (SSSR count). The van der Waals surface area contributed by atoms with Crippen molar-refractivity contribution in [3.63, 3.8) is 0 Å². The van der Waals surface area contributed by atoms with Crippen molar-refractivity contribution in [2.75, 3.05) is 6.61 Å². The Morgan fingerprint density at radius 1 is 1.27 bits per heavy atom. The van der Waals surface area contributed by atoms with E-state index in [1.807, 2.05) is 13.8 Å². The monoisotopic (exact) mass is 365 g/mol. The molecule has 0 unspecified atom stereocenters. The highest BCUT2D eigenvalue weighted by Gasteiger charge is 2.54. The molecular weight excluding hydrogens is 342 g/mol. The van der Waals surface area contributed by atoms with Crippen molar-refractivity contribution in [1.29, 1.82) is 5.41 Å². The van der Waals surface area contributed by atoms with E-state index in [2.05, 4.69) is 4.98 Å². The van der Waals surface area contributed by atoms with Crippen molar-refractivity contribution in [1.82, 2.24) is 9.55 Å². The van der Waals surface area contributed by atoms with Gasteiger partial charge in [0.2, 0.25) is 0 Å². The molecule has 3 heterocycles. The van der Waals surface area contributed by atoms with Crippen molar-refractivity contribution in [2.45, 2.75) is 64.1 Å². The number of nitrogens with zero attached hydrogens (tertiary/aromatic N) is 2. The number of hydrogen-bond acceptors (Lipinski definition) is 8. The predicted octanol–water partition coefficient (Wildman–Crippen LogP) is 1.08. The largest absolute Gasteiger partial charge is 0.463 e. The Morgan fingerprint density at radius 3 is 2.73 bits per heavy atom. The fourth-order valence-electron chi connectivity index (χ4n) is 3.02. The van der Waals surface area contributed by atoms with Crippen LogP contribution < -0.4 is 10.2 Å². The van der Waals surface area contributed by atoms with Crippen molar-refractivity contribution < 1.29 is 28.5 Å². The second-order valence-electron chi connectivity index (χ2n) is 6.29. The molecule has 26 heavy (non-hydrogen) atoms. The van der Waals surface area contributed by atoms with Crippen molar-refractivity contribution >= 4 is 11.9 Å². The highest BCUT2D eigenvalue weighted by molar-refractivity contribution is 5.70. The topological polar surface area (TPSA) is 113 Å². The first kappa shape index (κ1) is 18.4. The summed E-state index contributed by atoms with van der Waals surface area (Å²) < 4.78 is 24.2. The third-order valence-corrected chi connectivity index (χ3v) is 4.22. The Morgan fingerprint density at radius 2 is 2.00 bits per heavy atom. The number of rotatable bonds is 7. The van der Waals surface area contributed by atoms with Crippen LogP contribution in [-0.2, 0) is 23.8 Å². The van der Waals surface area contributed by atoms with E-state index in [1.165, 1.54) is 6.07 Å². The SMILES string of the molecule is CCCC(=O)OC[C@H]1O[C@@H]2[C@@H](Oc3nc(=N)ccn32)[C@@H]1OC(=O)CCC. The van der Waals surface area contributed by atoms with Crippen LogP contribution in [0.2, 0.25) is 0 Å². The maximum absolute atomic E-state index is 12.0. The number of hydrogen-bond donors (Lipinski definition) is 1. The maximum Gasteiger partial charge on any atom is 0.306 e. The van der Waals surface area contributed by atoms with Gasteiger partial charge in [0.05, 0.1) is 0 Å². The molecule has 0 spiro atoms. The number of aromatic nitrogens is 2. The zero-order valence-electron chi connectivity index (χ0n) is 14.8. The molecule has 0 aromatic carbocycles. The van der Waals surface area contributed by atoms with Gasteiger partial charge >= 0.3 is 17.9 Å². The van der Waals surface area contributed by atoms with Gasteiger partial charge in [-0.05, 0) is 18.9 Å². The minimum absolute atomic E-state index is 0.0148. The predicted molar refractivity (Wildman–Crippen MR) is 87.1 cm³/mol. The summed E-state index contributed by atoms with van der Waals surface area (Å²) in [5, 5.41) is 7.59. The molecule has 0 amide bonds. The molecule has 9 heteroatoms. The van der Waals surface area contributed by atoms with Gasteiger partial charge in [-0.3, -0.25) is 19.6 Å². The molecule has 4 atom stereocenters. The lowest BCUT2D eigenvalue weighted by Gasteiger charge is -2.21. The van der Waals surface area contributed by atoms with E-state index < -0.39 is 24.5 Å². The van der Waals surface area contributed by atoms with E-state index in [1.54, 1.807) is 10.8 Å². The lowest BCUT2D eigenvalue weighted by atomic mass is 10.1. The molecule has 0 saturated carbocycles. The molecule has 0 radical (unpaired) electrons. The quantitative estimate of drug-likeness (QED) is 0.719. The first-order valence-electron chi connectivity index (χ1n) is 8.84. The summed E-state index contributed by atoms with van der Waals surface area (Å²) in [6.45, 7) is 3.76. The number of esters is 2. The van der Waals surface area contributed by atoms with Crippen molar-refractivity contribution in [2.24, 2.45) is 0 Å². The van der Waals surface area contributed by atoms with Crippen LogP contribution in [0, 0.1) is 5.41 Å². The van der Waals surface area contributed by atoms with Crippen LogP contribution in [0.25, 0.3) is 0 Å². The van der Waals surface area contributed by atoms with Gasteiger partial charge in [-0.25, -0.2) is 0 Å². The van der Waals surface area contributed by atoms with Gasteiger partial charge < -0.3 is 18.9 Å². The molecule has 1 N–H and O–H groups in total. The van der Waals surface area contributed by atoms with E-state index in [-0.39, 0.29) is 36.5 Å². The van der Waals surface area contributed by atoms with E-state index in [4.69, 9.17) is 24.4 Å². The molecule has 1 saturated heterocycles. The summed E-state index contributed by atoms with van der Waals surface area (Å²) in [5.74, 6) is -0.674. The summed E-state index contributed by atoms with van der Waals surface area (Å²) in [5.41, 5.74) is 0.0702. The number of ether oxygens (including phenoxy) is 4. The average molecular weight is 365 g/mol. The van der Waals surface area contributed by atoms with Gasteiger partial charge in [-0.15, -0.1) is 0 Å². The van der Waals surface area contributed by atoms with Gasteiger partial charge in [0, 0.05) is 19.0 Å². The third kappa shape index (κ3) is 3.72. The molecule has 2 aliphatic rings. The lowest BCUT2D eigenvalue weighted by molar-refractivity contribution is -0.160. The van der Waals surface area contributed by atoms with Gasteiger partial charge in [0.25, 0.3) is 0 Å². The first-order valence-corrected chi connectivity index (χ1v) is 8.84. The third-order valence-electron chi connectivity index (χ3n) is 4.22. The highest BCUT2D eigenvalue weighted by Crippen LogP contribution is 2.40. The smallest absolute Gasteiger partial charge is 0.306 e. The van der Waals surface area contributed by atoms with Crippen LogP contribution in [-0.4, -0.2) is 46.4 Å². The first-order chi connectivity index (χ1) is 12.5. The Hall–Kier alpha value is -2.42. The van der Waals surface area contributed by atoms with Crippen LogP contribution in [0.15, 0.2) is 12.3 Å². The summed E-state index contributed by atoms with van der Waals surface area (Å²) in [4.78, 5) is 27.7. The molecule has 1 aromatic rings. The zero-order chi connectivity index (χ0) is 18.7.